The first kappa shape index (κ1) is 18.7. The standard InChI is InChI=1S/C15H29NO4/c1-6-9-10-16(15(18)20-8-3)13(11-12(4)5)14(17)19-7-2/h12-13H,6-11H2,1-5H3/t13-/m0/s1. The third kappa shape index (κ3) is 6.78. The van der Waals surface area contributed by atoms with Crippen LogP contribution in [0.15, 0.2) is 0 Å². The minimum absolute atomic E-state index is 0.294. The van der Waals surface area contributed by atoms with Crippen LogP contribution in [-0.4, -0.2) is 42.8 Å². The summed E-state index contributed by atoms with van der Waals surface area (Å²) in [6, 6.07) is -0.555. The average molecular weight is 287 g/mol. The van der Waals surface area contributed by atoms with Gasteiger partial charge in [0.2, 0.25) is 0 Å². The molecule has 118 valence electrons. The SMILES string of the molecule is CCCCN(C(=O)OCC)[C@@H](CC(C)C)C(=O)OCC. The van der Waals surface area contributed by atoms with Crippen molar-refractivity contribution in [1.29, 1.82) is 0 Å². The summed E-state index contributed by atoms with van der Waals surface area (Å²) >= 11 is 0. The third-order valence-corrected chi connectivity index (χ3v) is 2.88. The van der Waals surface area contributed by atoms with Crippen molar-refractivity contribution in [2.75, 3.05) is 19.8 Å². The van der Waals surface area contributed by atoms with Crippen LogP contribution in [0, 0.1) is 5.92 Å². The molecule has 0 unspecified atom stereocenters. The van der Waals surface area contributed by atoms with E-state index >= 15 is 0 Å². The highest BCUT2D eigenvalue weighted by Crippen LogP contribution is 2.16. The van der Waals surface area contributed by atoms with Gasteiger partial charge in [-0.05, 0) is 32.6 Å². The van der Waals surface area contributed by atoms with Gasteiger partial charge >= 0.3 is 12.1 Å². The molecule has 0 aliphatic heterocycles. The van der Waals surface area contributed by atoms with Crippen LogP contribution in [0.1, 0.15) is 53.9 Å². The lowest BCUT2D eigenvalue weighted by Gasteiger charge is -2.30. The Morgan fingerprint density at radius 3 is 2.10 bits per heavy atom. The lowest BCUT2D eigenvalue weighted by molar-refractivity contribution is -0.149. The topological polar surface area (TPSA) is 55.8 Å². The largest absolute Gasteiger partial charge is 0.464 e. The molecular formula is C15H29NO4. The average Bonchev–Trinajstić information content (AvgIpc) is 2.38. The Morgan fingerprint density at radius 2 is 1.65 bits per heavy atom. The quantitative estimate of drug-likeness (QED) is 0.611. The van der Waals surface area contributed by atoms with E-state index in [-0.39, 0.29) is 5.97 Å². The van der Waals surface area contributed by atoms with E-state index in [1.165, 1.54) is 4.90 Å². The fourth-order valence-electron chi connectivity index (χ4n) is 1.94. The van der Waals surface area contributed by atoms with E-state index in [9.17, 15) is 9.59 Å². The van der Waals surface area contributed by atoms with Gasteiger partial charge in [-0.15, -0.1) is 0 Å². The second-order valence-electron chi connectivity index (χ2n) is 5.14. The van der Waals surface area contributed by atoms with Crippen LogP contribution in [0.2, 0.25) is 0 Å². The minimum atomic E-state index is -0.555. The normalized spacial score (nSPS) is 12.1. The molecule has 0 aromatic carbocycles. The number of hydrogen-bond acceptors (Lipinski definition) is 4. The second kappa shape index (κ2) is 10.5. The smallest absolute Gasteiger partial charge is 0.410 e. The third-order valence-electron chi connectivity index (χ3n) is 2.88. The summed E-state index contributed by atoms with van der Waals surface area (Å²) in [5.74, 6) is -0.0479. The Morgan fingerprint density at radius 1 is 1.05 bits per heavy atom. The van der Waals surface area contributed by atoms with E-state index in [1.54, 1.807) is 13.8 Å². The number of amides is 1. The van der Waals surface area contributed by atoms with E-state index in [1.807, 2.05) is 20.8 Å². The lowest BCUT2D eigenvalue weighted by Crippen LogP contribution is -2.47. The number of ether oxygens (including phenoxy) is 2. The fourth-order valence-corrected chi connectivity index (χ4v) is 1.94. The zero-order valence-corrected chi connectivity index (χ0v) is 13.5. The zero-order valence-electron chi connectivity index (χ0n) is 13.5. The van der Waals surface area contributed by atoms with Crippen LogP contribution < -0.4 is 0 Å². The van der Waals surface area contributed by atoms with Gasteiger partial charge in [0.25, 0.3) is 0 Å². The van der Waals surface area contributed by atoms with Crippen molar-refractivity contribution in [1.82, 2.24) is 4.90 Å². The maximum Gasteiger partial charge on any atom is 0.410 e. The molecule has 0 aliphatic rings. The van der Waals surface area contributed by atoms with Crippen molar-refractivity contribution in [2.24, 2.45) is 5.92 Å². The van der Waals surface area contributed by atoms with Gasteiger partial charge in [-0.2, -0.15) is 0 Å². The molecule has 0 saturated heterocycles. The van der Waals surface area contributed by atoms with Gasteiger partial charge in [0.15, 0.2) is 0 Å². The lowest BCUT2D eigenvalue weighted by atomic mass is 10.0. The van der Waals surface area contributed by atoms with Crippen LogP contribution in [0.25, 0.3) is 0 Å². The first-order valence-electron chi connectivity index (χ1n) is 7.57. The van der Waals surface area contributed by atoms with Gasteiger partial charge in [-0.1, -0.05) is 27.2 Å². The molecule has 1 atom stereocenters. The summed E-state index contributed by atoms with van der Waals surface area (Å²) in [6.45, 7) is 10.8. The molecule has 0 radical (unpaired) electrons. The Kier molecular flexibility index (Phi) is 9.86. The molecule has 5 nitrogen and oxygen atoms in total. The maximum atomic E-state index is 12.1. The van der Waals surface area contributed by atoms with Gasteiger partial charge in [0.05, 0.1) is 13.2 Å². The van der Waals surface area contributed by atoms with Crippen LogP contribution in [0.3, 0.4) is 0 Å². The van der Waals surface area contributed by atoms with Crippen LogP contribution in [0.5, 0.6) is 0 Å². The van der Waals surface area contributed by atoms with Crippen molar-refractivity contribution in [3.8, 4) is 0 Å². The molecule has 5 heteroatoms. The second-order valence-corrected chi connectivity index (χ2v) is 5.14. The summed E-state index contributed by atoms with van der Waals surface area (Å²) in [4.78, 5) is 25.7. The van der Waals surface area contributed by atoms with Crippen molar-refractivity contribution < 1.29 is 19.1 Å². The number of nitrogens with zero attached hydrogens (tertiary/aromatic N) is 1. The molecule has 0 aromatic heterocycles. The molecule has 0 aromatic rings. The van der Waals surface area contributed by atoms with E-state index in [0.29, 0.717) is 32.1 Å². The Bertz CT molecular complexity index is 292. The number of hydrogen-bond donors (Lipinski definition) is 0. The predicted octanol–water partition coefficient (Wildman–Crippen LogP) is 3.22. The molecular weight excluding hydrogens is 258 g/mol. The number of rotatable bonds is 9. The highest BCUT2D eigenvalue weighted by molar-refractivity contribution is 5.81. The maximum absolute atomic E-state index is 12.1. The van der Waals surface area contributed by atoms with Crippen LogP contribution >= 0.6 is 0 Å². The summed E-state index contributed by atoms with van der Waals surface area (Å²) in [5, 5.41) is 0. The van der Waals surface area contributed by atoms with Crippen molar-refractivity contribution in [3.63, 3.8) is 0 Å². The molecule has 0 bridgehead atoms. The zero-order chi connectivity index (χ0) is 15.5. The number of carbonyl (C=O) groups excluding carboxylic acids is 2. The molecule has 0 heterocycles. The van der Waals surface area contributed by atoms with Crippen molar-refractivity contribution in [2.45, 2.75) is 59.9 Å². The van der Waals surface area contributed by atoms with Gasteiger partial charge in [0.1, 0.15) is 6.04 Å². The van der Waals surface area contributed by atoms with Gasteiger partial charge in [0, 0.05) is 6.54 Å². The molecule has 0 N–H and O–H groups in total. The minimum Gasteiger partial charge on any atom is -0.464 e. The molecule has 0 spiro atoms. The molecule has 0 fully saturated rings. The number of esters is 1. The van der Waals surface area contributed by atoms with E-state index < -0.39 is 12.1 Å². The summed E-state index contributed by atoms with van der Waals surface area (Å²) < 4.78 is 10.2. The summed E-state index contributed by atoms with van der Waals surface area (Å²) in [5.41, 5.74) is 0. The molecule has 0 rings (SSSR count). The highest BCUT2D eigenvalue weighted by Gasteiger charge is 2.32. The first-order chi connectivity index (χ1) is 9.47. The van der Waals surface area contributed by atoms with Gasteiger partial charge < -0.3 is 9.47 Å². The van der Waals surface area contributed by atoms with E-state index in [4.69, 9.17) is 9.47 Å². The fraction of sp³-hybridized carbons (Fsp3) is 0.867. The van der Waals surface area contributed by atoms with Crippen LogP contribution in [-0.2, 0) is 14.3 Å². The molecule has 0 saturated carbocycles. The number of carbonyl (C=O) groups is 2. The number of unbranched alkanes of at least 4 members (excludes halogenated alkanes) is 1. The summed E-state index contributed by atoms with van der Waals surface area (Å²) in [6.07, 6.45) is 1.95. The van der Waals surface area contributed by atoms with Gasteiger partial charge in [-0.3, -0.25) is 4.90 Å². The van der Waals surface area contributed by atoms with E-state index in [0.717, 1.165) is 12.8 Å². The van der Waals surface area contributed by atoms with Crippen molar-refractivity contribution >= 4 is 12.1 Å². The molecule has 0 aliphatic carbocycles. The molecule has 1 amide bonds. The van der Waals surface area contributed by atoms with E-state index in [2.05, 4.69) is 0 Å². The van der Waals surface area contributed by atoms with Crippen LogP contribution in [0.4, 0.5) is 4.79 Å². The highest BCUT2D eigenvalue weighted by atomic mass is 16.6. The summed E-state index contributed by atoms with van der Waals surface area (Å²) in [7, 11) is 0. The van der Waals surface area contributed by atoms with Gasteiger partial charge in [-0.25, -0.2) is 9.59 Å². The Balaban J connectivity index is 5.04. The Labute approximate surface area is 122 Å². The monoisotopic (exact) mass is 287 g/mol. The first-order valence-corrected chi connectivity index (χ1v) is 7.57. The molecule has 20 heavy (non-hydrogen) atoms. The predicted molar refractivity (Wildman–Crippen MR) is 78.5 cm³/mol. The van der Waals surface area contributed by atoms with Crippen molar-refractivity contribution in [3.05, 3.63) is 0 Å². The Hall–Kier alpha value is -1.26.